The van der Waals surface area contributed by atoms with Crippen molar-refractivity contribution in [2.45, 2.75) is 46.0 Å². The van der Waals surface area contributed by atoms with Gasteiger partial charge in [0.15, 0.2) is 23.3 Å². The van der Waals surface area contributed by atoms with E-state index >= 15 is 0 Å². The number of unbranched alkanes of at least 4 members (excludes halogenated alkanes) is 3. The first-order chi connectivity index (χ1) is 13.7. The van der Waals surface area contributed by atoms with Crippen LogP contribution in [0.25, 0.3) is 0 Å². The molecule has 2 aromatic carbocycles. The maximum absolute atomic E-state index is 13.9. The molecule has 0 amide bonds. The second kappa shape index (κ2) is 9.62. The summed E-state index contributed by atoms with van der Waals surface area (Å²) in [5.74, 6) is -13.3. The van der Waals surface area contributed by atoms with E-state index in [0.717, 1.165) is 31.2 Å². The molecule has 0 bridgehead atoms. The number of nitrogens with one attached hydrogen (secondary N) is 1. The van der Waals surface area contributed by atoms with Crippen molar-refractivity contribution in [3.05, 3.63) is 64.0 Å². The lowest BCUT2D eigenvalue weighted by Gasteiger charge is -2.13. The summed E-state index contributed by atoms with van der Waals surface area (Å²) in [6.45, 7) is 3.78. The van der Waals surface area contributed by atoms with Crippen molar-refractivity contribution in [1.29, 1.82) is 5.41 Å². The second-order valence-electron chi connectivity index (χ2n) is 6.62. The van der Waals surface area contributed by atoms with Crippen LogP contribution in [0, 0.1) is 41.4 Å². The molecule has 0 saturated carbocycles. The van der Waals surface area contributed by atoms with Crippen LogP contribution in [-0.2, 0) is 0 Å². The molecule has 2 rings (SSSR count). The Balaban J connectivity index is 2.33. The van der Waals surface area contributed by atoms with Crippen LogP contribution in [0.4, 0.5) is 22.0 Å². The third-order valence-electron chi connectivity index (χ3n) is 4.36. The van der Waals surface area contributed by atoms with Gasteiger partial charge in [0.1, 0.15) is 11.3 Å². The van der Waals surface area contributed by atoms with Crippen molar-refractivity contribution in [3.63, 3.8) is 0 Å². The fraction of sp³-hybridized carbons (Fsp3) is 0.333. The van der Waals surface area contributed by atoms with E-state index < -0.39 is 40.6 Å². The minimum atomic E-state index is -2.36. The molecule has 2 aromatic rings. The zero-order valence-electron chi connectivity index (χ0n) is 16.0. The molecule has 0 atom stereocenters. The minimum absolute atomic E-state index is 0.144. The number of rotatable bonds is 8. The average molecular weight is 413 g/mol. The third kappa shape index (κ3) is 4.99. The van der Waals surface area contributed by atoms with Gasteiger partial charge in [0, 0.05) is 11.3 Å². The lowest BCUT2D eigenvalue weighted by Crippen LogP contribution is -2.18. The number of benzene rings is 2. The van der Waals surface area contributed by atoms with Gasteiger partial charge in [0.2, 0.25) is 5.82 Å². The molecule has 1 N–H and O–H groups in total. The Hall–Kier alpha value is -2.77. The summed E-state index contributed by atoms with van der Waals surface area (Å²) in [6, 6.07) is 4.41. The fourth-order valence-electron chi connectivity index (χ4n) is 2.77. The van der Waals surface area contributed by atoms with Crippen LogP contribution in [0.3, 0.4) is 0 Å². The highest BCUT2D eigenvalue weighted by Gasteiger charge is 2.31. The summed E-state index contributed by atoms with van der Waals surface area (Å²) in [6.07, 6.45) is 4.04. The van der Waals surface area contributed by atoms with Gasteiger partial charge in [-0.15, -0.1) is 0 Å². The lowest BCUT2D eigenvalue weighted by atomic mass is 10.0. The first-order valence-corrected chi connectivity index (χ1v) is 9.11. The first kappa shape index (κ1) is 22.5. The molecule has 0 fully saturated rings. The Labute approximate surface area is 165 Å². The topological polar surface area (TPSA) is 50.1 Å². The predicted octanol–water partition coefficient (Wildman–Crippen LogP) is 6.25. The second-order valence-corrected chi connectivity index (χ2v) is 6.62. The maximum atomic E-state index is 13.9. The monoisotopic (exact) mass is 413 g/mol. The summed E-state index contributed by atoms with van der Waals surface area (Å²) < 4.78 is 72.5. The van der Waals surface area contributed by atoms with Gasteiger partial charge in [-0.2, -0.15) is 0 Å². The predicted molar refractivity (Wildman–Crippen MR) is 98.0 cm³/mol. The number of carbonyl (C=O) groups is 1. The van der Waals surface area contributed by atoms with Crippen molar-refractivity contribution in [2.75, 3.05) is 0 Å². The number of ether oxygens (including phenoxy) is 1. The van der Waals surface area contributed by atoms with Gasteiger partial charge in [-0.1, -0.05) is 37.8 Å². The third-order valence-corrected chi connectivity index (χ3v) is 4.36. The van der Waals surface area contributed by atoms with E-state index in [9.17, 15) is 26.7 Å². The maximum Gasteiger partial charge on any atom is 0.349 e. The number of esters is 1. The summed E-state index contributed by atoms with van der Waals surface area (Å²) in [5, 5.41) is 8.22. The van der Waals surface area contributed by atoms with Gasteiger partial charge in [0.05, 0.1) is 0 Å². The summed E-state index contributed by atoms with van der Waals surface area (Å²) >= 11 is 0. The molecule has 0 spiro atoms. The molecule has 3 nitrogen and oxygen atoms in total. The largest absolute Gasteiger partial charge is 0.422 e. The molecule has 8 heteroatoms. The zero-order valence-corrected chi connectivity index (χ0v) is 16.0. The van der Waals surface area contributed by atoms with Crippen LogP contribution < -0.4 is 4.74 Å². The zero-order chi connectivity index (χ0) is 21.7. The quantitative estimate of drug-likeness (QED) is 0.106. The molecule has 0 aliphatic heterocycles. The molecular weight excluding hydrogens is 393 g/mol. The molecule has 0 heterocycles. The van der Waals surface area contributed by atoms with Crippen molar-refractivity contribution < 1.29 is 31.5 Å². The number of aryl methyl sites for hydroxylation is 1. The Morgan fingerprint density at radius 1 is 0.931 bits per heavy atom. The van der Waals surface area contributed by atoms with E-state index in [1.54, 1.807) is 13.0 Å². The average Bonchev–Trinajstić information content (AvgIpc) is 2.69. The van der Waals surface area contributed by atoms with Crippen molar-refractivity contribution in [3.8, 4) is 5.75 Å². The summed E-state index contributed by atoms with van der Waals surface area (Å²) in [7, 11) is 0. The Morgan fingerprint density at radius 2 is 1.52 bits per heavy atom. The van der Waals surface area contributed by atoms with E-state index in [0.29, 0.717) is 6.42 Å². The molecule has 156 valence electrons. The van der Waals surface area contributed by atoms with E-state index in [1.165, 1.54) is 12.1 Å². The minimum Gasteiger partial charge on any atom is -0.422 e. The standard InChI is InChI=1S/C21H20F5NO2/c1-3-4-5-6-7-13(27)12-10-11(2)8-9-14(12)29-21(28)15-16(22)18(24)20(26)19(25)17(15)23/h8-10,27H,3-7H2,1-2H3. The SMILES string of the molecule is CCCCCCC(=N)c1cc(C)ccc1OC(=O)c1c(F)c(F)c(F)c(F)c1F. The molecule has 0 radical (unpaired) electrons. The molecule has 0 saturated heterocycles. The fourth-order valence-corrected chi connectivity index (χ4v) is 2.77. The number of hydrogen-bond acceptors (Lipinski definition) is 3. The highest BCUT2D eigenvalue weighted by molar-refractivity contribution is 6.02. The lowest BCUT2D eigenvalue weighted by molar-refractivity contribution is 0.0720. The van der Waals surface area contributed by atoms with Crippen LogP contribution in [0.1, 0.15) is 60.5 Å². The van der Waals surface area contributed by atoms with Crippen molar-refractivity contribution in [2.24, 2.45) is 0 Å². The smallest absolute Gasteiger partial charge is 0.349 e. The summed E-state index contributed by atoms with van der Waals surface area (Å²) in [5.41, 5.74) is -0.569. The number of hydrogen-bond donors (Lipinski definition) is 1. The molecule has 0 aromatic heterocycles. The van der Waals surface area contributed by atoms with Crippen molar-refractivity contribution in [1.82, 2.24) is 0 Å². The van der Waals surface area contributed by atoms with Crippen LogP contribution in [0.5, 0.6) is 5.75 Å². The van der Waals surface area contributed by atoms with Gasteiger partial charge >= 0.3 is 5.97 Å². The van der Waals surface area contributed by atoms with Crippen molar-refractivity contribution >= 4 is 11.7 Å². The first-order valence-electron chi connectivity index (χ1n) is 9.11. The van der Waals surface area contributed by atoms with Gasteiger partial charge in [-0.05, 0) is 31.9 Å². The van der Waals surface area contributed by atoms with Crippen LogP contribution >= 0.6 is 0 Å². The highest BCUT2D eigenvalue weighted by Crippen LogP contribution is 2.27. The van der Waals surface area contributed by atoms with Crippen LogP contribution in [0.2, 0.25) is 0 Å². The van der Waals surface area contributed by atoms with E-state index in [1.807, 2.05) is 6.92 Å². The molecular formula is C21H20F5NO2. The van der Waals surface area contributed by atoms with E-state index in [4.69, 9.17) is 10.1 Å². The Morgan fingerprint density at radius 3 is 2.10 bits per heavy atom. The molecule has 0 aliphatic rings. The highest BCUT2D eigenvalue weighted by atomic mass is 19.2. The number of carbonyl (C=O) groups excluding carboxylic acids is 1. The van der Waals surface area contributed by atoms with E-state index in [2.05, 4.69) is 0 Å². The molecule has 29 heavy (non-hydrogen) atoms. The van der Waals surface area contributed by atoms with Crippen LogP contribution in [-0.4, -0.2) is 11.7 Å². The Bertz CT molecular complexity index is 914. The number of halogens is 5. The van der Waals surface area contributed by atoms with Gasteiger partial charge in [-0.25, -0.2) is 26.7 Å². The molecule has 0 unspecified atom stereocenters. The van der Waals surface area contributed by atoms with Crippen LogP contribution in [0.15, 0.2) is 18.2 Å². The van der Waals surface area contributed by atoms with Gasteiger partial charge in [0.25, 0.3) is 0 Å². The van der Waals surface area contributed by atoms with Gasteiger partial charge < -0.3 is 10.1 Å². The summed E-state index contributed by atoms with van der Waals surface area (Å²) in [4.78, 5) is 12.2. The van der Waals surface area contributed by atoms with Gasteiger partial charge in [-0.3, -0.25) is 0 Å². The molecule has 0 aliphatic carbocycles. The Kier molecular flexibility index (Phi) is 7.47. The van der Waals surface area contributed by atoms with E-state index in [-0.39, 0.29) is 17.0 Å². The normalized spacial score (nSPS) is 10.9.